The van der Waals surface area contributed by atoms with Gasteiger partial charge in [0, 0.05) is 11.6 Å². The van der Waals surface area contributed by atoms with Crippen LogP contribution in [0.15, 0.2) is 12.4 Å². The Kier molecular flexibility index (Phi) is 2.70. The molecule has 72 valence electrons. The standard InChI is InChI=1S/C9H15N3O/c1-9(2,3)12-7-5-8(13-4)11-6-10-7/h5-6H,1-4H3,(H,10,11,12). The minimum atomic E-state index is -0.000630. The van der Waals surface area contributed by atoms with Crippen LogP contribution in [-0.4, -0.2) is 22.6 Å². The fourth-order valence-electron chi connectivity index (χ4n) is 0.904. The molecule has 0 fully saturated rings. The summed E-state index contributed by atoms with van der Waals surface area (Å²) < 4.78 is 4.98. The molecule has 0 bridgehead atoms. The van der Waals surface area contributed by atoms with Crippen molar-refractivity contribution in [2.75, 3.05) is 12.4 Å². The molecule has 1 aromatic rings. The van der Waals surface area contributed by atoms with Gasteiger partial charge in [0.05, 0.1) is 7.11 Å². The lowest BCUT2D eigenvalue weighted by Crippen LogP contribution is -2.26. The molecule has 0 aliphatic heterocycles. The van der Waals surface area contributed by atoms with Crippen LogP contribution in [0.1, 0.15) is 20.8 Å². The van der Waals surface area contributed by atoms with Crippen molar-refractivity contribution < 1.29 is 4.74 Å². The van der Waals surface area contributed by atoms with Gasteiger partial charge in [0.2, 0.25) is 5.88 Å². The first-order valence-corrected chi connectivity index (χ1v) is 4.15. The van der Waals surface area contributed by atoms with E-state index < -0.39 is 0 Å². The summed E-state index contributed by atoms with van der Waals surface area (Å²) in [4.78, 5) is 7.99. The predicted octanol–water partition coefficient (Wildman–Crippen LogP) is 1.70. The largest absolute Gasteiger partial charge is 0.481 e. The van der Waals surface area contributed by atoms with Gasteiger partial charge in [0.15, 0.2) is 0 Å². The highest BCUT2D eigenvalue weighted by atomic mass is 16.5. The number of hydrogen-bond acceptors (Lipinski definition) is 4. The molecule has 0 saturated carbocycles. The Hall–Kier alpha value is -1.32. The van der Waals surface area contributed by atoms with E-state index in [9.17, 15) is 0 Å². The smallest absolute Gasteiger partial charge is 0.218 e. The van der Waals surface area contributed by atoms with Gasteiger partial charge in [-0.15, -0.1) is 0 Å². The SMILES string of the molecule is COc1cc(NC(C)(C)C)ncn1. The third-order valence-corrected chi connectivity index (χ3v) is 1.35. The van der Waals surface area contributed by atoms with Gasteiger partial charge in [0.1, 0.15) is 12.1 Å². The Balaban J connectivity index is 2.78. The van der Waals surface area contributed by atoms with Crippen LogP contribution in [0.2, 0.25) is 0 Å². The number of methoxy groups -OCH3 is 1. The maximum absolute atomic E-state index is 4.98. The van der Waals surface area contributed by atoms with Gasteiger partial charge in [-0.25, -0.2) is 9.97 Å². The minimum Gasteiger partial charge on any atom is -0.481 e. The fraction of sp³-hybridized carbons (Fsp3) is 0.556. The molecule has 0 spiro atoms. The van der Waals surface area contributed by atoms with Crippen LogP contribution in [0, 0.1) is 0 Å². The van der Waals surface area contributed by atoms with E-state index in [0.29, 0.717) is 5.88 Å². The monoisotopic (exact) mass is 181 g/mol. The second kappa shape index (κ2) is 3.60. The highest BCUT2D eigenvalue weighted by Gasteiger charge is 2.10. The van der Waals surface area contributed by atoms with Crippen LogP contribution in [0.4, 0.5) is 5.82 Å². The molecule has 0 aliphatic carbocycles. The molecule has 0 radical (unpaired) electrons. The molecule has 1 heterocycles. The fourth-order valence-corrected chi connectivity index (χ4v) is 0.904. The average molecular weight is 181 g/mol. The molecule has 1 rings (SSSR count). The zero-order valence-corrected chi connectivity index (χ0v) is 8.46. The Labute approximate surface area is 78.4 Å². The van der Waals surface area contributed by atoms with Crippen molar-refractivity contribution in [2.24, 2.45) is 0 Å². The van der Waals surface area contributed by atoms with Crippen LogP contribution >= 0.6 is 0 Å². The summed E-state index contributed by atoms with van der Waals surface area (Å²) in [5.41, 5.74) is -0.000630. The van der Waals surface area contributed by atoms with Crippen molar-refractivity contribution in [2.45, 2.75) is 26.3 Å². The molecule has 13 heavy (non-hydrogen) atoms. The minimum absolute atomic E-state index is 0.000630. The first-order valence-electron chi connectivity index (χ1n) is 4.15. The molecule has 1 N–H and O–H groups in total. The summed E-state index contributed by atoms with van der Waals surface area (Å²) in [6.45, 7) is 6.21. The molecule has 0 aromatic carbocycles. The number of aromatic nitrogens is 2. The summed E-state index contributed by atoms with van der Waals surface area (Å²) in [6, 6.07) is 1.77. The van der Waals surface area contributed by atoms with Gasteiger partial charge in [-0.1, -0.05) is 0 Å². The van der Waals surface area contributed by atoms with Crippen molar-refractivity contribution in [3.05, 3.63) is 12.4 Å². The van der Waals surface area contributed by atoms with E-state index in [2.05, 4.69) is 36.1 Å². The molecular weight excluding hydrogens is 166 g/mol. The van der Waals surface area contributed by atoms with Gasteiger partial charge in [-0.3, -0.25) is 0 Å². The maximum atomic E-state index is 4.98. The van der Waals surface area contributed by atoms with Crippen LogP contribution in [0.3, 0.4) is 0 Å². The number of ether oxygens (including phenoxy) is 1. The molecule has 1 aromatic heterocycles. The van der Waals surface area contributed by atoms with Gasteiger partial charge in [-0.2, -0.15) is 0 Å². The Morgan fingerprint density at radius 3 is 2.54 bits per heavy atom. The van der Waals surface area contributed by atoms with E-state index in [0.717, 1.165) is 5.82 Å². The Bertz CT molecular complexity index is 280. The van der Waals surface area contributed by atoms with E-state index in [1.165, 1.54) is 6.33 Å². The van der Waals surface area contributed by atoms with Crippen molar-refractivity contribution in [1.29, 1.82) is 0 Å². The highest BCUT2D eigenvalue weighted by molar-refractivity contribution is 5.39. The van der Waals surface area contributed by atoms with Crippen molar-refractivity contribution in [1.82, 2.24) is 9.97 Å². The quantitative estimate of drug-likeness (QED) is 0.754. The lowest BCUT2D eigenvalue weighted by molar-refractivity contribution is 0.397. The zero-order chi connectivity index (χ0) is 9.90. The first-order chi connectivity index (χ1) is 6.01. The lowest BCUT2D eigenvalue weighted by Gasteiger charge is -2.21. The van der Waals surface area contributed by atoms with Crippen molar-refractivity contribution in [3.8, 4) is 5.88 Å². The van der Waals surface area contributed by atoms with E-state index >= 15 is 0 Å². The average Bonchev–Trinajstić information content (AvgIpc) is 2.01. The Morgan fingerprint density at radius 2 is 2.00 bits per heavy atom. The molecular formula is C9H15N3O. The molecule has 0 saturated heterocycles. The topological polar surface area (TPSA) is 47.0 Å². The molecule has 4 heteroatoms. The predicted molar refractivity (Wildman–Crippen MR) is 52.0 cm³/mol. The first kappa shape index (κ1) is 9.77. The normalized spacial score (nSPS) is 11.1. The van der Waals surface area contributed by atoms with Crippen LogP contribution in [0.5, 0.6) is 5.88 Å². The van der Waals surface area contributed by atoms with Gasteiger partial charge in [0.25, 0.3) is 0 Å². The number of anilines is 1. The highest BCUT2D eigenvalue weighted by Crippen LogP contribution is 2.14. The van der Waals surface area contributed by atoms with Crippen molar-refractivity contribution >= 4 is 5.82 Å². The van der Waals surface area contributed by atoms with E-state index in [4.69, 9.17) is 4.74 Å². The van der Waals surface area contributed by atoms with Gasteiger partial charge in [-0.05, 0) is 20.8 Å². The lowest BCUT2D eigenvalue weighted by atomic mass is 10.1. The molecule has 4 nitrogen and oxygen atoms in total. The van der Waals surface area contributed by atoms with Gasteiger partial charge >= 0.3 is 0 Å². The van der Waals surface area contributed by atoms with E-state index in [-0.39, 0.29) is 5.54 Å². The summed E-state index contributed by atoms with van der Waals surface area (Å²) in [7, 11) is 1.59. The molecule has 0 amide bonds. The zero-order valence-electron chi connectivity index (χ0n) is 8.46. The Morgan fingerprint density at radius 1 is 1.31 bits per heavy atom. The molecule has 0 aliphatic rings. The summed E-state index contributed by atoms with van der Waals surface area (Å²) in [5.74, 6) is 1.35. The third kappa shape index (κ3) is 3.27. The number of hydrogen-bond donors (Lipinski definition) is 1. The summed E-state index contributed by atoms with van der Waals surface area (Å²) >= 11 is 0. The number of nitrogens with zero attached hydrogens (tertiary/aromatic N) is 2. The maximum Gasteiger partial charge on any atom is 0.218 e. The van der Waals surface area contributed by atoms with Crippen LogP contribution in [0.25, 0.3) is 0 Å². The number of rotatable bonds is 2. The summed E-state index contributed by atoms with van der Waals surface area (Å²) in [6.07, 6.45) is 1.48. The summed E-state index contributed by atoms with van der Waals surface area (Å²) in [5, 5.41) is 3.22. The third-order valence-electron chi connectivity index (χ3n) is 1.35. The molecule has 0 unspecified atom stereocenters. The second-order valence-electron chi connectivity index (χ2n) is 3.82. The van der Waals surface area contributed by atoms with Crippen LogP contribution in [-0.2, 0) is 0 Å². The van der Waals surface area contributed by atoms with Crippen molar-refractivity contribution in [3.63, 3.8) is 0 Å². The van der Waals surface area contributed by atoms with E-state index in [1.807, 2.05) is 0 Å². The van der Waals surface area contributed by atoms with E-state index in [1.54, 1.807) is 13.2 Å². The number of nitrogens with one attached hydrogen (secondary N) is 1. The van der Waals surface area contributed by atoms with Crippen LogP contribution < -0.4 is 10.1 Å². The second-order valence-corrected chi connectivity index (χ2v) is 3.82. The molecule has 0 atom stereocenters. The van der Waals surface area contributed by atoms with Gasteiger partial charge < -0.3 is 10.1 Å².